The molecule has 7 nitrogen and oxygen atoms in total. The van der Waals surface area contributed by atoms with Crippen molar-refractivity contribution in [2.24, 2.45) is 5.16 Å². The molecule has 1 amide bonds. The molecule has 30 heavy (non-hydrogen) atoms. The highest BCUT2D eigenvalue weighted by Gasteiger charge is 2.16. The van der Waals surface area contributed by atoms with Gasteiger partial charge in [0, 0.05) is 17.0 Å². The summed E-state index contributed by atoms with van der Waals surface area (Å²) in [6, 6.07) is 18.3. The zero-order valence-corrected chi connectivity index (χ0v) is 16.8. The zero-order valence-electron chi connectivity index (χ0n) is 15.9. The lowest BCUT2D eigenvalue weighted by molar-refractivity contribution is -0.129. The first-order valence-corrected chi connectivity index (χ1v) is 9.68. The summed E-state index contributed by atoms with van der Waals surface area (Å²) in [5.41, 5.74) is 0.908. The maximum absolute atomic E-state index is 12.2. The fourth-order valence-corrected chi connectivity index (χ4v) is 3.26. The number of aliphatic carboxylic acids is 1. The Bertz CT molecular complexity index is 1090. The van der Waals surface area contributed by atoms with Gasteiger partial charge in [0.25, 0.3) is 0 Å². The smallest absolute Gasteiger partial charge is 0.358 e. The van der Waals surface area contributed by atoms with Gasteiger partial charge in [0.2, 0.25) is 5.91 Å². The molecule has 0 aliphatic rings. The summed E-state index contributed by atoms with van der Waals surface area (Å²) in [5.74, 6) is -0.184. The zero-order chi connectivity index (χ0) is 21.3. The first kappa shape index (κ1) is 20.8. The fraction of sp³-hybridized carbons (Fsp3) is 0.0455. The molecule has 0 spiro atoms. The molecule has 0 radical (unpaired) electrons. The first-order valence-electron chi connectivity index (χ1n) is 8.80. The lowest BCUT2D eigenvalue weighted by Crippen LogP contribution is -2.14. The van der Waals surface area contributed by atoms with Gasteiger partial charge < -0.3 is 20.0 Å². The third-order valence-electron chi connectivity index (χ3n) is 3.77. The van der Waals surface area contributed by atoms with Gasteiger partial charge in [0.1, 0.15) is 18.6 Å². The van der Waals surface area contributed by atoms with Crippen molar-refractivity contribution in [1.82, 2.24) is 0 Å². The van der Waals surface area contributed by atoms with E-state index in [0.717, 1.165) is 11.3 Å². The van der Waals surface area contributed by atoms with Gasteiger partial charge in [0.15, 0.2) is 5.71 Å². The molecule has 8 heteroatoms. The van der Waals surface area contributed by atoms with Crippen molar-refractivity contribution in [2.45, 2.75) is 0 Å². The molecule has 3 rings (SSSR count). The van der Waals surface area contributed by atoms with Crippen molar-refractivity contribution < 1.29 is 24.3 Å². The molecule has 0 saturated heterocycles. The van der Waals surface area contributed by atoms with Crippen LogP contribution in [-0.4, -0.2) is 29.8 Å². The highest BCUT2D eigenvalue weighted by atomic mass is 32.1. The summed E-state index contributed by atoms with van der Waals surface area (Å²) in [6.45, 7) is 0. The minimum Gasteiger partial charge on any atom is -0.476 e. The largest absolute Gasteiger partial charge is 0.476 e. The summed E-state index contributed by atoms with van der Waals surface area (Å²) in [6.07, 6.45) is 3.05. The molecule has 0 aliphatic carbocycles. The number of nitrogens with one attached hydrogen (secondary N) is 1. The van der Waals surface area contributed by atoms with E-state index in [-0.39, 0.29) is 11.6 Å². The third kappa shape index (κ3) is 5.79. The Balaban J connectivity index is 1.63. The lowest BCUT2D eigenvalue weighted by Gasteiger charge is -2.05. The molecule has 0 saturated carbocycles. The maximum Gasteiger partial charge on any atom is 0.358 e. The number of oxime groups is 1. The summed E-state index contributed by atoms with van der Waals surface area (Å²) < 4.78 is 5.78. The number of rotatable bonds is 8. The van der Waals surface area contributed by atoms with E-state index in [2.05, 4.69) is 15.3 Å². The summed E-state index contributed by atoms with van der Waals surface area (Å²) in [4.78, 5) is 28.0. The number of para-hydroxylation sites is 1. The normalized spacial score (nSPS) is 11.3. The van der Waals surface area contributed by atoms with Crippen molar-refractivity contribution in [2.75, 3.05) is 12.4 Å². The molecule has 1 aromatic heterocycles. The number of benzene rings is 2. The predicted molar refractivity (Wildman–Crippen MR) is 116 cm³/mol. The Kier molecular flexibility index (Phi) is 6.96. The maximum atomic E-state index is 12.2. The number of hydrogen-bond donors (Lipinski definition) is 2. The van der Waals surface area contributed by atoms with E-state index < -0.39 is 5.97 Å². The molecule has 0 fully saturated rings. The Labute approximate surface area is 176 Å². The summed E-state index contributed by atoms with van der Waals surface area (Å²) in [5, 5.41) is 17.4. The summed E-state index contributed by atoms with van der Waals surface area (Å²) >= 11 is 1.19. The van der Waals surface area contributed by atoms with Crippen molar-refractivity contribution in [1.29, 1.82) is 0 Å². The molecule has 152 valence electrons. The number of anilines is 1. The Morgan fingerprint density at radius 3 is 2.57 bits per heavy atom. The number of ether oxygens (including phenoxy) is 1. The third-order valence-corrected chi connectivity index (χ3v) is 4.61. The van der Waals surface area contributed by atoms with Crippen molar-refractivity contribution in [3.05, 3.63) is 83.2 Å². The Hall–Kier alpha value is -3.91. The van der Waals surface area contributed by atoms with Crippen molar-refractivity contribution in [3.63, 3.8) is 0 Å². The van der Waals surface area contributed by atoms with Gasteiger partial charge in [-0.2, -0.15) is 0 Å². The van der Waals surface area contributed by atoms with E-state index in [0.29, 0.717) is 16.3 Å². The molecular weight excluding hydrogens is 404 g/mol. The minimum atomic E-state index is -1.22. The molecule has 0 atom stereocenters. The van der Waals surface area contributed by atoms with Gasteiger partial charge in [0.05, 0.1) is 5.00 Å². The molecule has 2 N–H and O–H groups in total. The lowest BCUT2D eigenvalue weighted by atomic mass is 10.2. The molecule has 1 heterocycles. The Morgan fingerprint density at radius 2 is 1.83 bits per heavy atom. The number of carboxylic acid groups (broad SMARTS) is 1. The van der Waals surface area contributed by atoms with Crippen LogP contribution in [0.4, 0.5) is 5.00 Å². The van der Waals surface area contributed by atoms with E-state index in [1.165, 1.54) is 30.6 Å². The second kappa shape index (κ2) is 10.0. The van der Waals surface area contributed by atoms with Gasteiger partial charge >= 0.3 is 5.97 Å². The van der Waals surface area contributed by atoms with E-state index in [1.807, 2.05) is 54.6 Å². The van der Waals surface area contributed by atoms with Gasteiger partial charge in [-0.15, -0.1) is 11.3 Å². The number of carboxylic acids is 1. The Morgan fingerprint density at radius 1 is 1.07 bits per heavy atom. The predicted octanol–water partition coefficient (Wildman–Crippen LogP) is 4.63. The minimum absolute atomic E-state index is 0.236. The van der Waals surface area contributed by atoms with Crippen LogP contribution in [-0.2, 0) is 14.4 Å². The fourth-order valence-electron chi connectivity index (χ4n) is 2.47. The number of carbonyl (C=O) groups excluding carboxylic acids is 1. The number of hydrogen-bond acceptors (Lipinski definition) is 6. The van der Waals surface area contributed by atoms with Crippen LogP contribution in [0.2, 0.25) is 0 Å². The van der Waals surface area contributed by atoms with E-state index in [4.69, 9.17) is 9.84 Å². The van der Waals surface area contributed by atoms with Crippen LogP contribution < -0.4 is 10.1 Å². The second-order valence-corrected chi connectivity index (χ2v) is 6.85. The highest BCUT2D eigenvalue weighted by Crippen LogP contribution is 2.23. The monoisotopic (exact) mass is 422 g/mol. The average Bonchev–Trinajstić information content (AvgIpc) is 3.19. The van der Waals surface area contributed by atoms with E-state index >= 15 is 0 Å². The molecule has 0 bridgehead atoms. The number of amides is 1. The SMILES string of the molecule is CO/N=C(/C(=O)O)c1csc(NC(=O)/C=C/c2cccc(Oc3ccccc3)c2)c1. The molecule has 0 aliphatic heterocycles. The van der Waals surface area contributed by atoms with Gasteiger partial charge in [-0.25, -0.2) is 4.79 Å². The molecule has 0 unspecified atom stereocenters. The quantitative estimate of drug-likeness (QED) is 0.313. The van der Waals surface area contributed by atoms with Crippen LogP contribution in [0.1, 0.15) is 11.1 Å². The van der Waals surface area contributed by atoms with Gasteiger partial charge in [-0.3, -0.25) is 4.79 Å². The van der Waals surface area contributed by atoms with Crippen LogP contribution in [0.3, 0.4) is 0 Å². The first-order chi connectivity index (χ1) is 14.5. The van der Waals surface area contributed by atoms with Gasteiger partial charge in [-0.1, -0.05) is 35.5 Å². The van der Waals surface area contributed by atoms with E-state index in [9.17, 15) is 9.59 Å². The highest BCUT2D eigenvalue weighted by molar-refractivity contribution is 7.14. The molecular formula is C22H18N2O5S. The second-order valence-electron chi connectivity index (χ2n) is 5.94. The number of nitrogens with zero attached hydrogens (tertiary/aromatic N) is 1. The standard InChI is InChI=1S/C22H18N2O5S/c1-28-24-21(22(26)27)16-13-20(30-14-16)23-19(25)11-10-15-6-5-9-18(12-15)29-17-7-3-2-4-8-17/h2-14H,1H3,(H,23,25)(H,26,27)/b11-10+,24-21+. The van der Waals surface area contributed by atoms with Crippen molar-refractivity contribution >= 4 is 40.0 Å². The summed E-state index contributed by atoms with van der Waals surface area (Å²) in [7, 11) is 1.27. The van der Waals surface area contributed by atoms with Crippen LogP contribution in [0.25, 0.3) is 6.08 Å². The van der Waals surface area contributed by atoms with E-state index in [1.54, 1.807) is 11.5 Å². The van der Waals surface area contributed by atoms with Crippen LogP contribution in [0, 0.1) is 0 Å². The average molecular weight is 422 g/mol. The van der Waals surface area contributed by atoms with Crippen molar-refractivity contribution in [3.8, 4) is 11.5 Å². The molecule has 2 aromatic carbocycles. The van der Waals surface area contributed by atoms with Crippen LogP contribution in [0.5, 0.6) is 11.5 Å². The van der Waals surface area contributed by atoms with Gasteiger partial charge in [-0.05, 0) is 42.0 Å². The topological polar surface area (TPSA) is 97.2 Å². The van der Waals surface area contributed by atoms with Crippen LogP contribution >= 0.6 is 11.3 Å². The molecule has 3 aromatic rings. The number of thiophene rings is 1. The van der Waals surface area contributed by atoms with Crippen LogP contribution in [0.15, 0.2) is 77.3 Å². The number of carbonyl (C=O) groups is 2.